The minimum atomic E-state index is 0.166. The van der Waals surface area contributed by atoms with Crippen molar-refractivity contribution in [3.8, 4) is 0 Å². The molecule has 1 fully saturated rings. The number of aromatic nitrogens is 2. The summed E-state index contributed by atoms with van der Waals surface area (Å²) < 4.78 is 0. The normalized spacial score (nSPS) is 19.2. The second kappa shape index (κ2) is 6.71. The van der Waals surface area contributed by atoms with Crippen LogP contribution in [0.4, 0.5) is 5.95 Å². The van der Waals surface area contributed by atoms with Gasteiger partial charge >= 0.3 is 0 Å². The second-order valence-corrected chi connectivity index (χ2v) is 7.07. The largest absolute Gasteiger partial charge is 0.338 e. The van der Waals surface area contributed by atoms with Gasteiger partial charge in [-0.3, -0.25) is 4.90 Å². The van der Waals surface area contributed by atoms with Gasteiger partial charge in [0.05, 0.1) is 0 Å². The van der Waals surface area contributed by atoms with E-state index >= 15 is 0 Å². The van der Waals surface area contributed by atoms with Gasteiger partial charge in [-0.15, -0.1) is 0 Å². The smallest absolute Gasteiger partial charge is 0.225 e. The van der Waals surface area contributed by atoms with Gasteiger partial charge in [-0.2, -0.15) is 0 Å². The van der Waals surface area contributed by atoms with Gasteiger partial charge < -0.3 is 10.2 Å². The first kappa shape index (κ1) is 16.2. The number of anilines is 1. The van der Waals surface area contributed by atoms with E-state index in [1.165, 1.54) is 0 Å². The fourth-order valence-electron chi connectivity index (χ4n) is 2.52. The molecule has 1 aliphatic rings. The number of hydrogen-bond donors (Lipinski definition) is 1. The molecule has 2 heterocycles. The van der Waals surface area contributed by atoms with Gasteiger partial charge in [-0.1, -0.05) is 13.8 Å². The van der Waals surface area contributed by atoms with Crippen LogP contribution in [0.5, 0.6) is 0 Å². The summed E-state index contributed by atoms with van der Waals surface area (Å²) in [6.07, 6.45) is 3.89. The number of hydrogen-bond acceptors (Lipinski definition) is 5. The lowest BCUT2D eigenvalue weighted by atomic mass is 10.0. The van der Waals surface area contributed by atoms with Crippen LogP contribution in [0.15, 0.2) is 12.4 Å². The molecular weight excluding hydrogens is 262 g/mol. The maximum absolute atomic E-state index is 4.55. The Morgan fingerprint density at radius 1 is 1.24 bits per heavy atom. The maximum Gasteiger partial charge on any atom is 0.225 e. The summed E-state index contributed by atoms with van der Waals surface area (Å²) in [4.78, 5) is 13.8. The summed E-state index contributed by atoms with van der Waals surface area (Å²) in [5.74, 6) is 1.52. The Labute approximate surface area is 128 Å². The zero-order valence-corrected chi connectivity index (χ0v) is 14.1. The zero-order valence-electron chi connectivity index (χ0n) is 14.1. The lowest BCUT2D eigenvalue weighted by Gasteiger charge is -2.45. The number of nitrogens with zero attached hydrogens (tertiary/aromatic N) is 4. The number of likely N-dealkylation sites (N-methyl/N-ethyl adjacent to an activating group) is 1. The highest BCUT2D eigenvalue weighted by molar-refractivity contribution is 5.32. The fraction of sp³-hybridized carbons (Fsp3) is 0.750. The molecule has 0 atom stereocenters. The Morgan fingerprint density at radius 2 is 1.90 bits per heavy atom. The first-order valence-electron chi connectivity index (χ1n) is 7.86. The van der Waals surface area contributed by atoms with Crippen LogP contribution >= 0.6 is 0 Å². The monoisotopic (exact) mass is 291 g/mol. The average molecular weight is 291 g/mol. The van der Waals surface area contributed by atoms with E-state index in [0.29, 0.717) is 5.92 Å². The highest BCUT2D eigenvalue weighted by atomic mass is 15.3. The molecule has 0 aromatic carbocycles. The lowest BCUT2D eigenvalue weighted by molar-refractivity contribution is 0.138. The average Bonchev–Trinajstić information content (AvgIpc) is 2.42. The molecule has 0 spiro atoms. The van der Waals surface area contributed by atoms with E-state index in [0.717, 1.165) is 44.2 Å². The number of piperazine rings is 1. The third-order valence-corrected chi connectivity index (χ3v) is 4.17. The van der Waals surface area contributed by atoms with Crippen LogP contribution in [-0.2, 0) is 6.54 Å². The van der Waals surface area contributed by atoms with Gasteiger partial charge in [0.2, 0.25) is 5.95 Å². The lowest BCUT2D eigenvalue weighted by Crippen LogP contribution is -2.58. The van der Waals surface area contributed by atoms with Crippen LogP contribution in [0.3, 0.4) is 0 Å². The molecule has 1 saturated heterocycles. The fourth-order valence-corrected chi connectivity index (χ4v) is 2.52. The van der Waals surface area contributed by atoms with Gasteiger partial charge in [-0.05, 0) is 33.4 Å². The first-order valence-corrected chi connectivity index (χ1v) is 7.86. The van der Waals surface area contributed by atoms with Crippen molar-refractivity contribution in [3.63, 3.8) is 0 Å². The third-order valence-electron chi connectivity index (χ3n) is 4.17. The predicted molar refractivity (Wildman–Crippen MR) is 87.5 cm³/mol. The Bertz CT molecular complexity index is 440. The van der Waals surface area contributed by atoms with Crippen molar-refractivity contribution in [2.75, 3.05) is 38.1 Å². The van der Waals surface area contributed by atoms with E-state index in [1.54, 1.807) is 0 Å². The van der Waals surface area contributed by atoms with Gasteiger partial charge in [0.1, 0.15) is 0 Å². The molecule has 1 aliphatic heterocycles. The number of rotatable bonds is 5. The minimum absolute atomic E-state index is 0.166. The van der Waals surface area contributed by atoms with Crippen molar-refractivity contribution in [1.82, 2.24) is 20.2 Å². The Balaban J connectivity index is 1.93. The topological polar surface area (TPSA) is 44.3 Å². The Hall–Kier alpha value is -1.20. The van der Waals surface area contributed by atoms with Crippen molar-refractivity contribution >= 4 is 5.95 Å². The van der Waals surface area contributed by atoms with Gasteiger partial charge in [0, 0.05) is 49.7 Å². The standard InChI is InChI=1S/C16H29N5/c1-13(2)8-17-9-14-10-18-15(19-11-14)21-7-6-20(5)16(3,4)12-21/h10-11,13,17H,6-9,12H2,1-5H3. The third kappa shape index (κ3) is 4.38. The van der Waals surface area contributed by atoms with Crippen LogP contribution in [0.2, 0.25) is 0 Å². The summed E-state index contributed by atoms with van der Waals surface area (Å²) in [7, 11) is 2.18. The summed E-state index contributed by atoms with van der Waals surface area (Å²) in [6, 6.07) is 0. The summed E-state index contributed by atoms with van der Waals surface area (Å²) in [5, 5.41) is 3.42. The van der Waals surface area contributed by atoms with Crippen molar-refractivity contribution < 1.29 is 0 Å². The summed E-state index contributed by atoms with van der Waals surface area (Å²) >= 11 is 0. The van der Waals surface area contributed by atoms with Crippen LogP contribution in [-0.4, -0.2) is 53.6 Å². The maximum atomic E-state index is 4.55. The Morgan fingerprint density at radius 3 is 2.48 bits per heavy atom. The van der Waals surface area contributed by atoms with E-state index in [2.05, 4.69) is 59.8 Å². The molecule has 1 N–H and O–H groups in total. The molecule has 1 aromatic heterocycles. The number of nitrogens with one attached hydrogen (secondary N) is 1. The minimum Gasteiger partial charge on any atom is -0.338 e. The molecule has 0 radical (unpaired) electrons. The molecule has 0 amide bonds. The summed E-state index contributed by atoms with van der Waals surface area (Å²) in [6.45, 7) is 13.8. The molecular formula is C16H29N5. The molecule has 0 saturated carbocycles. The predicted octanol–water partition coefficient (Wildman–Crippen LogP) is 1.75. The Kier molecular flexibility index (Phi) is 5.17. The molecule has 0 unspecified atom stereocenters. The van der Waals surface area contributed by atoms with Gasteiger partial charge in [0.25, 0.3) is 0 Å². The zero-order chi connectivity index (χ0) is 15.5. The molecule has 5 nitrogen and oxygen atoms in total. The molecule has 5 heteroatoms. The molecule has 118 valence electrons. The van der Waals surface area contributed by atoms with Crippen molar-refractivity contribution in [3.05, 3.63) is 18.0 Å². The van der Waals surface area contributed by atoms with Crippen molar-refractivity contribution in [1.29, 1.82) is 0 Å². The second-order valence-electron chi connectivity index (χ2n) is 7.07. The van der Waals surface area contributed by atoms with E-state index < -0.39 is 0 Å². The molecule has 0 bridgehead atoms. The van der Waals surface area contributed by atoms with Crippen molar-refractivity contribution in [2.45, 2.75) is 39.8 Å². The molecule has 0 aliphatic carbocycles. The summed E-state index contributed by atoms with van der Waals surface area (Å²) in [5.41, 5.74) is 1.31. The van der Waals surface area contributed by atoms with Crippen LogP contribution in [0, 0.1) is 5.92 Å². The first-order chi connectivity index (χ1) is 9.88. The van der Waals surface area contributed by atoms with Crippen molar-refractivity contribution in [2.24, 2.45) is 5.92 Å². The SMILES string of the molecule is CC(C)CNCc1cnc(N2CCN(C)C(C)(C)C2)nc1. The molecule has 1 aromatic rings. The van der Waals surface area contributed by atoms with E-state index in [4.69, 9.17) is 0 Å². The van der Waals surface area contributed by atoms with Gasteiger partial charge in [-0.25, -0.2) is 9.97 Å². The van der Waals surface area contributed by atoms with Crippen LogP contribution in [0.25, 0.3) is 0 Å². The highest BCUT2D eigenvalue weighted by Gasteiger charge is 2.31. The highest BCUT2D eigenvalue weighted by Crippen LogP contribution is 2.21. The molecule has 2 rings (SSSR count). The van der Waals surface area contributed by atoms with Crippen LogP contribution in [0.1, 0.15) is 33.3 Å². The quantitative estimate of drug-likeness (QED) is 0.895. The van der Waals surface area contributed by atoms with E-state index in [-0.39, 0.29) is 5.54 Å². The van der Waals surface area contributed by atoms with Gasteiger partial charge in [0.15, 0.2) is 0 Å². The van der Waals surface area contributed by atoms with E-state index in [1.807, 2.05) is 12.4 Å². The van der Waals surface area contributed by atoms with Crippen LogP contribution < -0.4 is 10.2 Å². The van der Waals surface area contributed by atoms with E-state index in [9.17, 15) is 0 Å². The molecule has 21 heavy (non-hydrogen) atoms.